The zero-order valence-corrected chi connectivity index (χ0v) is 29.6. The Morgan fingerprint density at radius 3 is 2.83 bits per heavy atom. The second-order valence-corrected chi connectivity index (χ2v) is 16.7. The van der Waals surface area contributed by atoms with E-state index in [1.165, 1.54) is 52.9 Å². The van der Waals surface area contributed by atoms with Crippen molar-refractivity contribution in [1.29, 1.82) is 0 Å². The van der Waals surface area contributed by atoms with Crippen LogP contribution in [0.3, 0.4) is 0 Å². The number of fused-ring (bicyclic) bond motifs is 1. The fourth-order valence-corrected chi connectivity index (χ4v) is 8.18. The number of ether oxygens (including phenoxy) is 2. The first-order valence-corrected chi connectivity index (χ1v) is 19.7. The number of nitrogens with zero attached hydrogens (tertiary/aromatic N) is 5. The molecule has 1 unspecified atom stereocenters. The third kappa shape index (κ3) is 10.6. The molecule has 1 atom stereocenters. The summed E-state index contributed by atoms with van der Waals surface area (Å²) in [7, 11) is -3.06. The van der Waals surface area contributed by atoms with Gasteiger partial charge in [-0.15, -0.1) is 0 Å². The van der Waals surface area contributed by atoms with Crippen molar-refractivity contribution >= 4 is 88.3 Å². The lowest BCUT2D eigenvalue weighted by Crippen LogP contribution is -2.37. The van der Waals surface area contributed by atoms with Crippen molar-refractivity contribution in [2.45, 2.75) is 23.7 Å². The largest absolute Gasteiger partial charge is 0.491 e. The molecule has 12 nitrogen and oxygen atoms in total. The lowest BCUT2D eigenvalue weighted by molar-refractivity contribution is -0.117. The van der Waals surface area contributed by atoms with Crippen LogP contribution in [0.4, 0.5) is 21.6 Å². The van der Waals surface area contributed by atoms with Gasteiger partial charge in [-0.05, 0) is 49.3 Å². The van der Waals surface area contributed by atoms with Crippen LogP contribution in [0.15, 0.2) is 41.0 Å². The molecule has 3 heterocycles. The van der Waals surface area contributed by atoms with Crippen molar-refractivity contribution in [3.05, 3.63) is 51.5 Å². The van der Waals surface area contributed by atoms with E-state index in [1.54, 1.807) is 18.2 Å². The molecule has 1 saturated heterocycles. The minimum atomic E-state index is -3.06. The number of hydrogen-bond acceptors (Lipinski definition) is 12. The Morgan fingerprint density at radius 1 is 1.26 bits per heavy atom. The van der Waals surface area contributed by atoms with Crippen LogP contribution >= 0.6 is 54.3 Å². The van der Waals surface area contributed by atoms with Crippen LogP contribution in [0.1, 0.15) is 12.8 Å². The molecule has 0 spiro atoms. The quantitative estimate of drug-likeness (QED) is 0.0547. The topological polar surface area (TPSA) is 144 Å². The highest BCUT2D eigenvalue weighted by Gasteiger charge is 2.17. The molecule has 1 amide bonds. The molecule has 1 fully saturated rings. The first-order valence-electron chi connectivity index (χ1n) is 14.8. The molecule has 18 heteroatoms. The summed E-state index contributed by atoms with van der Waals surface area (Å²) >= 11 is 14.1. The number of aromatic nitrogens is 4. The molecule has 1 aliphatic heterocycles. The lowest BCUT2D eigenvalue weighted by Gasteiger charge is -2.26. The second-order valence-electron chi connectivity index (χ2n) is 10.8. The molecular formula is C29H34ClFN7O5PS3. The third-order valence-electron chi connectivity index (χ3n) is 7.00. The van der Waals surface area contributed by atoms with Gasteiger partial charge in [-0.3, -0.25) is 14.3 Å². The van der Waals surface area contributed by atoms with Gasteiger partial charge in [0.05, 0.1) is 36.0 Å². The van der Waals surface area contributed by atoms with Crippen LogP contribution in [0.25, 0.3) is 10.9 Å². The van der Waals surface area contributed by atoms with E-state index in [0.717, 1.165) is 39.3 Å². The minimum Gasteiger partial charge on any atom is -0.491 e. The molecule has 2 aromatic heterocycles. The zero-order chi connectivity index (χ0) is 33.4. The lowest BCUT2D eigenvalue weighted by atomic mass is 10.1. The smallest absolute Gasteiger partial charge is 0.246 e. The highest BCUT2D eigenvalue weighted by molar-refractivity contribution is 8.01. The number of anilines is 3. The Bertz CT molecular complexity index is 1820. The number of carbonyl (C=O) groups is 1. The Labute approximate surface area is 289 Å². The highest BCUT2D eigenvalue weighted by atomic mass is 35.5. The summed E-state index contributed by atoms with van der Waals surface area (Å²) in [6.07, 6.45) is 2.97. The van der Waals surface area contributed by atoms with Gasteiger partial charge in [-0.2, -0.15) is 5.10 Å². The van der Waals surface area contributed by atoms with Crippen molar-refractivity contribution in [1.82, 2.24) is 24.6 Å². The number of carbonyl (C=O) groups excluding carboxylic acids is 1. The maximum atomic E-state index is 13.8. The second kappa shape index (κ2) is 16.6. The fraction of sp³-hybridized carbons (Fsp3) is 0.414. The van der Waals surface area contributed by atoms with E-state index in [4.69, 9.17) is 33.3 Å². The average Bonchev–Trinajstić information content (AvgIpc) is 3.38. The zero-order valence-electron chi connectivity index (χ0n) is 25.5. The van der Waals surface area contributed by atoms with Gasteiger partial charge in [0.1, 0.15) is 30.3 Å². The molecule has 1 aliphatic rings. The summed E-state index contributed by atoms with van der Waals surface area (Å²) in [6, 6.07) is 7.73. The van der Waals surface area contributed by atoms with Crippen LogP contribution in [-0.2, 0) is 20.6 Å². The molecule has 3 N–H and O–H groups in total. The predicted octanol–water partition coefficient (Wildman–Crippen LogP) is 6.28. The van der Waals surface area contributed by atoms with Crippen molar-refractivity contribution in [2.75, 3.05) is 68.7 Å². The molecule has 0 radical (unpaired) electrons. The van der Waals surface area contributed by atoms with Crippen molar-refractivity contribution in [3.63, 3.8) is 0 Å². The molecule has 0 saturated carbocycles. The molecular weight excluding hydrogens is 708 g/mol. The average molecular weight is 742 g/mol. The van der Waals surface area contributed by atoms with Crippen LogP contribution in [0.5, 0.6) is 5.75 Å². The first-order chi connectivity index (χ1) is 22.5. The van der Waals surface area contributed by atoms with Gasteiger partial charge in [0.15, 0.2) is 15.7 Å². The maximum Gasteiger partial charge on any atom is 0.246 e. The molecule has 0 aliphatic carbocycles. The van der Waals surface area contributed by atoms with E-state index < -0.39 is 13.2 Å². The van der Waals surface area contributed by atoms with E-state index in [0.29, 0.717) is 60.9 Å². The van der Waals surface area contributed by atoms with Crippen LogP contribution in [0, 0.1) is 9.77 Å². The summed E-state index contributed by atoms with van der Waals surface area (Å²) in [5.41, 5.74) is 1.51. The van der Waals surface area contributed by atoms with Gasteiger partial charge in [-0.25, -0.2) is 19.0 Å². The minimum absolute atomic E-state index is 0.0341. The molecule has 4 aromatic rings. The molecule has 47 heavy (non-hydrogen) atoms. The Hall–Kier alpha value is -2.69. The van der Waals surface area contributed by atoms with Crippen LogP contribution < -0.4 is 15.4 Å². The molecule has 5 rings (SSSR count). The van der Waals surface area contributed by atoms with Gasteiger partial charge in [0, 0.05) is 55.4 Å². The van der Waals surface area contributed by atoms with Crippen molar-refractivity contribution < 1.29 is 28.1 Å². The van der Waals surface area contributed by atoms with Gasteiger partial charge in [0.2, 0.25) is 5.91 Å². The summed E-state index contributed by atoms with van der Waals surface area (Å²) in [5, 5.41) is 11.1. The Morgan fingerprint density at radius 2 is 2.06 bits per heavy atom. The number of morpholine rings is 1. The monoisotopic (exact) mass is 741 g/mol. The van der Waals surface area contributed by atoms with E-state index in [-0.39, 0.29) is 23.6 Å². The number of amides is 1. The molecule has 2 aromatic carbocycles. The van der Waals surface area contributed by atoms with Gasteiger partial charge in [-0.1, -0.05) is 34.7 Å². The summed E-state index contributed by atoms with van der Waals surface area (Å²) in [5.74, 6) is 0.572. The number of nitrogens with one attached hydrogen (secondary N) is 2. The van der Waals surface area contributed by atoms with E-state index in [2.05, 4.69) is 30.6 Å². The molecule has 252 valence electrons. The number of rotatable bonds is 15. The molecule has 0 bridgehead atoms. The van der Waals surface area contributed by atoms with Crippen molar-refractivity contribution in [2.24, 2.45) is 0 Å². The summed E-state index contributed by atoms with van der Waals surface area (Å²) in [6.45, 7) is 5.69. The highest BCUT2D eigenvalue weighted by Crippen LogP contribution is 2.37. The standard InChI is InChI=1S/C29H34ClFN7O5PS3/c1-44(40,41)12-3-13-46-28-36-38(29(45)47-28)17-26(39)35-24-15-20-23(16-25(24)43-9-2-6-37-7-10-42-11-8-37)32-18-33-27(20)34-19-4-5-22(31)21(30)14-19/h4-5,14-16,18H,2-3,6-13,17H2,1H3,(H,35,39)(H,40,41)(H,32,33,34). The van der Waals surface area contributed by atoms with Crippen LogP contribution in [-0.4, -0.2) is 93.5 Å². The van der Waals surface area contributed by atoms with E-state index >= 15 is 0 Å². The van der Waals surface area contributed by atoms with Gasteiger partial charge in [0.25, 0.3) is 0 Å². The summed E-state index contributed by atoms with van der Waals surface area (Å²) < 4.78 is 39.5. The Kier molecular flexibility index (Phi) is 12.6. The SMILES string of the molecule is CP(=O)(O)CCCSc1nn(CC(=O)Nc2cc3c(Nc4ccc(F)c(Cl)c4)ncnc3cc2OCCCN2CCOCC2)c(=S)s1. The number of hydrogen-bond donors (Lipinski definition) is 3. The van der Waals surface area contributed by atoms with Crippen LogP contribution in [0.2, 0.25) is 5.02 Å². The number of benzene rings is 2. The first kappa shape index (κ1) is 35.6. The predicted molar refractivity (Wildman–Crippen MR) is 187 cm³/mol. The van der Waals surface area contributed by atoms with Crippen molar-refractivity contribution in [3.8, 4) is 5.75 Å². The Balaban J connectivity index is 1.33. The fourth-order valence-electron chi connectivity index (χ4n) is 4.69. The summed E-state index contributed by atoms with van der Waals surface area (Å²) in [4.78, 5) is 33.9. The van der Waals surface area contributed by atoms with E-state index in [1.807, 2.05) is 0 Å². The normalized spacial score (nSPS) is 15.0. The third-order valence-corrected chi connectivity index (χ3v) is 11.0. The van der Waals surface area contributed by atoms with Gasteiger partial charge >= 0.3 is 0 Å². The number of thioether (sulfide) groups is 1. The van der Waals surface area contributed by atoms with Gasteiger partial charge < -0.3 is 25.0 Å². The maximum absolute atomic E-state index is 13.8. The van der Waals surface area contributed by atoms with E-state index in [9.17, 15) is 18.6 Å². The number of halogens is 2.